The number of anilines is 2. The summed E-state index contributed by atoms with van der Waals surface area (Å²) in [6, 6.07) is 17.7. The summed E-state index contributed by atoms with van der Waals surface area (Å²) < 4.78 is 10.7. The van der Waals surface area contributed by atoms with Crippen molar-refractivity contribution in [2.75, 3.05) is 23.9 Å². The first-order valence-corrected chi connectivity index (χ1v) is 11.4. The number of carbonyl (C=O) groups is 4. The van der Waals surface area contributed by atoms with E-state index >= 15 is 0 Å². The van der Waals surface area contributed by atoms with Gasteiger partial charge in [0.05, 0.1) is 12.8 Å². The van der Waals surface area contributed by atoms with Gasteiger partial charge in [-0.1, -0.05) is 29.8 Å². The van der Waals surface area contributed by atoms with Gasteiger partial charge in [-0.15, -0.1) is 0 Å². The number of methoxy groups -OCH3 is 1. The number of amides is 5. The van der Waals surface area contributed by atoms with Crippen LogP contribution in [0.4, 0.5) is 16.2 Å². The molecule has 0 spiro atoms. The Morgan fingerprint density at radius 3 is 2.27 bits per heavy atom. The number of hydrogen-bond acceptors (Lipinski definition) is 6. The Labute approximate surface area is 213 Å². The van der Waals surface area contributed by atoms with Crippen LogP contribution in [0.25, 0.3) is 6.08 Å². The Hall–Kier alpha value is -4.92. The van der Waals surface area contributed by atoms with Crippen LogP contribution in [0, 0.1) is 13.8 Å². The zero-order chi connectivity index (χ0) is 26.5. The summed E-state index contributed by atoms with van der Waals surface area (Å²) in [5, 5.41) is 5.00. The van der Waals surface area contributed by atoms with E-state index in [9.17, 15) is 19.2 Å². The van der Waals surface area contributed by atoms with Crippen LogP contribution in [0.15, 0.2) is 72.3 Å². The summed E-state index contributed by atoms with van der Waals surface area (Å²) in [7, 11) is 1.50. The lowest BCUT2D eigenvalue weighted by molar-refractivity contribution is -0.122. The number of carbonyl (C=O) groups excluding carboxylic acids is 4. The minimum absolute atomic E-state index is 0.187. The molecular weight excluding hydrogens is 474 g/mol. The number of barbiturate groups is 1. The normalized spacial score (nSPS) is 14.4. The maximum Gasteiger partial charge on any atom is 0.335 e. The summed E-state index contributed by atoms with van der Waals surface area (Å²) in [6.45, 7) is 3.71. The van der Waals surface area contributed by atoms with Crippen molar-refractivity contribution in [2.45, 2.75) is 13.8 Å². The van der Waals surface area contributed by atoms with E-state index in [1.54, 1.807) is 48.5 Å². The van der Waals surface area contributed by atoms with Gasteiger partial charge < -0.3 is 14.8 Å². The first-order valence-electron chi connectivity index (χ1n) is 11.4. The van der Waals surface area contributed by atoms with Gasteiger partial charge in [0.1, 0.15) is 17.1 Å². The molecule has 3 aromatic carbocycles. The number of nitrogens with zero attached hydrogens (tertiary/aromatic N) is 1. The van der Waals surface area contributed by atoms with E-state index < -0.39 is 17.8 Å². The van der Waals surface area contributed by atoms with E-state index in [1.807, 2.05) is 32.0 Å². The molecule has 0 aromatic heterocycles. The van der Waals surface area contributed by atoms with E-state index in [-0.39, 0.29) is 18.1 Å². The molecular formula is C28H25N3O6. The number of urea groups is 1. The number of benzene rings is 3. The van der Waals surface area contributed by atoms with Crippen LogP contribution in [-0.4, -0.2) is 37.5 Å². The Bertz CT molecular complexity index is 1390. The first-order chi connectivity index (χ1) is 17.7. The second kappa shape index (κ2) is 10.8. The van der Waals surface area contributed by atoms with Crippen molar-refractivity contribution in [3.05, 3.63) is 89.0 Å². The van der Waals surface area contributed by atoms with Crippen molar-refractivity contribution < 1.29 is 28.7 Å². The van der Waals surface area contributed by atoms with Crippen LogP contribution in [0.1, 0.15) is 16.7 Å². The molecule has 1 saturated heterocycles. The van der Waals surface area contributed by atoms with Crippen LogP contribution >= 0.6 is 0 Å². The average molecular weight is 500 g/mol. The largest absolute Gasteiger partial charge is 0.497 e. The van der Waals surface area contributed by atoms with Gasteiger partial charge in [0.2, 0.25) is 0 Å². The number of rotatable bonds is 7. The van der Waals surface area contributed by atoms with Gasteiger partial charge >= 0.3 is 6.03 Å². The summed E-state index contributed by atoms with van der Waals surface area (Å²) in [6.07, 6.45) is 1.39. The van der Waals surface area contributed by atoms with Crippen molar-refractivity contribution >= 4 is 41.2 Å². The highest BCUT2D eigenvalue weighted by Crippen LogP contribution is 2.25. The van der Waals surface area contributed by atoms with Crippen LogP contribution in [-0.2, 0) is 14.4 Å². The molecule has 9 nitrogen and oxygen atoms in total. The standard InChI is InChI=1S/C28H25N3O6/c1-17-4-13-24(18(2)14-17)29-25(32)16-37-22-9-5-19(6-10-22)15-23-26(33)30-28(35)31(27(23)34)20-7-11-21(36-3)12-8-20/h4-15H,16H2,1-3H3,(H,29,32)(H,30,33,35)/b23-15+. The number of nitrogens with one attached hydrogen (secondary N) is 2. The fraction of sp³-hybridized carbons (Fsp3) is 0.143. The van der Waals surface area contributed by atoms with E-state index in [0.717, 1.165) is 21.7 Å². The second-order valence-electron chi connectivity index (χ2n) is 8.38. The number of hydrogen-bond donors (Lipinski definition) is 2. The first kappa shape index (κ1) is 25.2. The molecule has 1 aliphatic heterocycles. The van der Waals surface area contributed by atoms with Gasteiger partial charge in [0.15, 0.2) is 6.61 Å². The highest BCUT2D eigenvalue weighted by Gasteiger charge is 2.36. The highest BCUT2D eigenvalue weighted by atomic mass is 16.5. The molecule has 188 valence electrons. The second-order valence-corrected chi connectivity index (χ2v) is 8.38. The van der Waals surface area contributed by atoms with E-state index in [1.165, 1.54) is 13.2 Å². The van der Waals surface area contributed by atoms with Crippen molar-refractivity contribution in [1.29, 1.82) is 0 Å². The van der Waals surface area contributed by atoms with Crippen molar-refractivity contribution in [3.8, 4) is 11.5 Å². The monoisotopic (exact) mass is 499 g/mol. The predicted octanol–water partition coefficient (Wildman–Crippen LogP) is 4.00. The summed E-state index contributed by atoms with van der Waals surface area (Å²) in [5.74, 6) is -0.839. The lowest BCUT2D eigenvalue weighted by Crippen LogP contribution is -2.54. The van der Waals surface area contributed by atoms with Gasteiger partial charge in [0, 0.05) is 5.69 Å². The molecule has 1 fully saturated rings. The van der Waals surface area contributed by atoms with E-state index in [2.05, 4.69) is 10.6 Å². The topological polar surface area (TPSA) is 114 Å². The van der Waals surface area contributed by atoms with Gasteiger partial charge in [-0.2, -0.15) is 0 Å². The highest BCUT2D eigenvalue weighted by molar-refractivity contribution is 6.39. The third-order valence-electron chi connectivity index (χ3n) is 5.65. The summed E-state index contributed by atoms with van der Waals surface area (Å²) in [4.78, 5) is 50.9. The van der Waals surface area contributed by atoms with Crippen molar-refractivity contribution in [1.82, 2.24) is 5.32 Å². The van der Waals surface area contributed by atoms with Gasteiger partial charge in [-0.25, -0.2) is 9.69 Å². The van der Waals surface area contributed by atoms with Crippen LogP contribution in [0.3, 0.4) is 0 Å². The van der Waals surface area contributed by atoms with Gasteiger partial charge in [0.25, 0.3) is 17.7 Å². The number of imide groups is 2. The maximum absolute atomic E-state index is 13.0. The van der Waals surface area contributed by atoms with Crippen LogP contribution < -0.4 is 25.0 Å². The molecule has 3 aromatic rings. The molecule has 0 bridgehead atoms. The zero-order valence-electron chi connectivity index (χ0n) is 20.5. The molecule has 5 amide bonds. The lowest BCUT2D eigenvalue weighted by atomic mass is 10.1. The van der Waals surface area contributed by atoms with E-state index in [0.29, 0.717) is 22.7 Å². The Balaban J connectivity index is 1.42. The molecule has 2 N–H and O–H groups in total. The van der Waals surface area contributed by atoms with Gasteiger partial charge in [-0.05, 0) is 73.5 Å². The molecule has 1 aliphatic rings. The summed E-state index contributed by atoms with van der Waals surface area (Å²) >= 11 is 0. The molecule has 9 heteroatoms. The smallest absolute Gasteiger partial charge is 0.335 e. The maximum atomic E-state index is 13.0. The fourth-order valence-electron chi connectivity index (χ4n) is 3.74. The average Bonchev–Trinajstić information content (AvgIpc) is 2.88. The van der Waals surface area contributed by atoms with Crippen molar-refractivity contribution in [2.24, 2.45) is 0 Å². The fourth-order valence-corrected chi connectivity index (χ4v) is 3.74. The lowest BCUT2D eigenvalue weighted by Gasteiger charge is -2.26. The Morgan fingerprint density at radius 1 is 0.946 bits per heavy atom. The zero-order valence-corrected chi connectivity index (χ0v) is 20.5. The third kappa shape index (κ3) is 5.84. The van der Waals surface area contributed by atoms with E-state index in [4.69, 9.17) is 9.47 Å². The van der Waals surface area contributed by atoms with Crippen LogP contribution in [0.5, 0.6) is 11.5 Å². The van der Waals surface area contributed by atoms with Crippen molar-refractivity contribution in [3.63, 3.8) is 0 Å². The molecule has 0 saturated carbocycles. The van der Waals surface area contributed by atoms with Crippen LogP contribution in [0.2, 0.25) is 0 Å². The Kier molecular flexibility index (Phi) is 7.34. The summed E-state index contributed by atoms with van der Waals surface area (Å²) in [5.41, 5.74) is 3.42. The molecule has 0 aliphatic carbocycles. The quantitative estimate of drug-likeness (QED) is 0.375. The number of aryl methyl sites for hydroxylation is 2. The number of ether oxygens (including phenoxy) is 2. The molecule has 37 heavy (non-hydrogen) atoms. The third-order valence-corrected chi connectivity index (χ3v) is 5.65. The molecule has 0 atom stereocenters. The SMILES string of the molecule is COc1ccc(N2C(=O)NC(=O)/C(=C\c3ccc(OCC(=O)Nc4ccc(C)cc4C)cc3)C2=O)cc1. The van der Waals surface area contributed by atoms with Gasteiger partial charge in [-0.3, -0.25) is 19.7 Å². The minimum atomic E-state index is -0.833. The molecule has 0 unspecified atom stereocenters. The minimum Gasteiger partial charge on any atom is -0.497 e. The molecule has 4 rings (SSSR count). The predicted molar refractivity (Wildman–Crippen MR) is 138 cm³/mol. The molecule has 1 heterocycles. The Morgan fingerprint density at radius 2 is 1.62 bits per heavy atom. The molecule has 0 radical (unpaired) electrons.